The maximum atomic E-state index is 16.3. The molecule has 0 aliphatic carbocycles. The average Bonchev–Trinajstić information content (AvgIpc) is 3.62. The number of rotatable bonds is 14. The number of amides is 2. The summed E-state index contributed by atoms with van der Waals surface area (Å²) in [5, 5.41) is 4.84. The van der Waals surface area contributed by atoms with E-state index in [1.807, 2.05) is 0 Å². The van der Waals surface area contributed by atoms with Crippen LogP contribution in [0.15, 0.2) is 108 Å². The smallest absolute Gasteiger partial charge is 0.444 e. The molecule has 16 nitrogen and oxygen atoms in total. The summed E-state index contributed by atoms with van der Waals surface area (Å²) in [6.45, 7) is -1.01. The monoisotopic (exact) mass is 783 g/mol. The molecule has 2 N–H and O–H groups in total. The normalized spacial score (nSPS) is 21.4. The van der Waals surface area contributed by atoms with Crippen molar-refractivity contribution in [2.75, 3.05) is 25.5 Å². The SMILES string of the molecule is CN1CCC(NP(=O)(OCC2O[C@@H](n3ccc(NC(=O)OCc4ccccc4)nc3=O)C(F)(F)[C@@H]2OC(=O)OCc2ccccc2)Oc2ccccc2)C1=O. The van der Waals surface area contributed by atoms with Gasteiger partial charge >= 0.3 is 31.6 Å². The zero-order chi connectivity index (χ0) is 39.0. The summed E-state index contributed by atoms with van der Waals surface area (Å²) in [6, 6.07) is 25.0. The second kappa shape index (κ2) is 17.2. The largest absolute Gasteiger partial charge is 0.509 e. The second-order valence-corrected chi connectivity index (χ2v) is 14.1. The van der Waals surface area contributed by atoms with E-state index in [1.54, 1.807) is 85.9 Å². The maximum absolute atomic E-state index is 16.3. The molecule has 3 unspecified atom stereocenters. The maximum Gasteiger partial charge on any atom is 0.509 e. The first-order chi connectivity index (χ1) is 26.4. The summed E-state index contributed by atoms with van der Waals surface area (Å²) in [4.78, 5) is 56.0. The van der Waals surface area contributed by atoms with Crippen molar-refractivity contribution in [1.82, 2.24) is 19.5 Å². The Morgan fingerprint density at radius 1 is 0.927 bits per heavy atom. The molecule has 3 aromatic carbocycles. The predicted octanol–water partition coefficient (Wildman–Crippen LogP) is 5.27. The summed E-state index contributed by atoms with van der Waals surface area (Å²) in [5.41, 5.74) is -0.0421. The summed E-state index contributed by atoms with van der Waals surface area (Å²) in [5.74, 6) is -4.80. The van der Waals surface area contributed by atoms with Gasteiger partial charge in [0.15, 0.2) is 0 Å². The van der Waals surface area contributed by atoms with Gasteiger partial charge in [-0.05, 0) is 35.7 Å². The number of ether oxygens (including phenoxy) is 4. The van der Waals surface area contributed by atoms with Crippen molar-refractivity contribution in [2.45, 2.75) is 50.0 Å². The molecule has 2 fully saturated rings. The van der Waals surface area contributed by atoms with Crippen LogP contribution >= 0.6 is 7.75 Å². The van der Waals surface area contributed by atoms with Gasteiger partial charge in [-0.3, -0.25) is 19.2 Å². The lowest BCUT2D eigenvalue weighted by Crippen LogP contribution is -2.45. The first-order valence-electron chi connectivity index (χ1n) is 16.9. The standard InChI is InChI=1S/C36H36F2N5O11P/c1-42-19-17-27(31(42)44)41-55(48,54-26-15-9-4-10-16-26)51-23-28-30(53-35(47)50-22-25-13-7-3-8-14-25)36(37,38)32(52-28)43-20-18-29(39-33(43)45)40-34(46)49-21-24-11-5-2-6-12-24/h2-16,18,20,27-28,30,32H,17,19,21-23H2,1H3,(H,41,48)(H,39,40,45,46)/t27?,28?,30-,32-,55?/m1/s1. The molecule has 19 heteroatoms. The fourth-order valence-corrected chi connectivity index (χ4v) is 7.19. The minimum atomic E-state index is -4.54. The molecule has 6 rings (SSSR count). The Labute approximate surface area is 312 Å². The highest BCUT2D eigenvalue weighted by molar-refractivity contribution is 7.52. The van der Waals surface area contributed by atoms with E-state index in [4.69, 9.17) is 28.0 Å². The van der Waals surface area contributed by atoms with Crippen LogP contribution in [-0.2, 0) is 46.0 Å². The lowest BCUT2D eigenvalue weighted by atomic mass is 10.1. The van der Waals surface area contributed by atoms with E-state index >= 15 is 8.78 Å². The Bertz CT molecular complexity index is 2060. The van der Waals surface area contributed by atoms with Crippen molar-refractivity contribution in [3.05, 3.63) is 125 Å². The number of anilines is 1. The first kappa shape index (κ1) is 39.0. The minimum Gasteiger partial charge on any atom is -0.444 e. The Morgan fingerprint density at radius 2 is 1.55 bits per heavy atom. The van der Waals surface area contributed by atoms with E-state index in [0.717, 1.165) is 12.3 Å². The quantitative estimate of drug-likeness (QED) is 0.125. The van der Waals surface area contributed by atoms with Gasteiger partial charge in [0.1, 0.15) is 30.9 Å². The molecule has 5 atom stereocenters. The van der Waals surface area contributed by atoms with Gasteiger partial charge in [-0.2, -0.15) is 18.9 Å². The summed E-state index contributed by atoms with van der Waals surface area (Å²) in [7, 11) is -2.98. The van der Waals surface area contributed by atoms with Crippen LogP contribution in [0.5, 0.6) is 5.75 Å². The van der Waals surface area contributed by atoms with Gasteiger partial charge in [0, 0.05) is 19.8 Å². The van der Waals surface area contributed by atoms with E-state index in [9.17, 15) is 23.7 Å². The average molecular weight is 784 g/mol. The number of alkyl halides is 2. The van der Waals surface area contributed by atoms with Gasteiger partial charge in [-0.15, -0.1) is 0 Å². The molecule has 1 aromatic heterocycles. The Hall–Kier alpha value is -5.68. The summed E-state index contributed by atoms with van der Waals surface area (Å²) >= 11 is 0. The summed E-state index contributed by atoms with van der Waals surface area (Å²) < 4.78 is 79.4. The molecule has 4 aromatic rings. The molecule has 0 radical (unpaired) electrons. The van der Waals surface area contributed by atoms with E-state index in [1.165, 1.54) is 17.0 Å². The van der Waals surface area contributed by atoms with Crippen LogP contribution in [0.4, 0.5) is 24.2 Å². The third kappa shape index (κ3) is 9.90. The fourth-order valence-electron chi connectivity index (χ4n) is 5.64. The van der Waals surface area contributed by atoms with Crippen molar-refractivity contribution < 1.29 is 55.7 Å². The molecule has 2 aliphatic rings. The Kier molecular flexibility index (Phi) is 12.2. The molecule has 2 saturated heterocycles. The third-order valence-corrected chi connectivity index (χ3v) is 9.99. The number of benzene rings is 3. The molecule has 290 valence electrons. The molecule has 3 heterocycles. The number of nitrogens with one attached hydrogen (secondary N) is 2. The van der Waals surface area contributed by atoms with Crippen LogP contribution in [0.1, 0.15) is 23.8 Å². The van der Waals surface area contributed by atoms with Crippen molar-refractivity contribution >= 4 is 31.7 Å². The third-order valence-electron chi connectivity index (χ3n) is 8.42. The van der Waals surface area contributed by atoms with Gasteiger partial charge < -0.3 is 28.4 Å². The molecule has 0 bridgehead atoms. The lowest BCUT2D eigenvalue weighted by molar-refractivity contribution is -0.146. The first-order valence-corrected chi connectivity index (χ1v) is 18.4. The van der Waals surface area contributed by atoms with Crippen molar-refractivity contribution in [3.8, 4) is 5.75 Å². The zero-order valence-corrected chi connectivity index (χ0v) is 30.1. The van der Waals surface area contributed by atoms with Crippen LogP contribution < -0.4 is 20.6 Å². The number of para-hydroxylation sites is 1. The Morgan fingerprint density at radius 3 is 2.15 bits per heavy atom. The molecule has 55 heavy (non-hydrogen) atoms. The van der Waals surface area contributed by atoms with Crippen LogP contribution in [0.2, 0.25) is 0 Å². The lowest BCUT2D eigenvalue weighted by Gasteiger charge is -2.26. The number of nitrogens with zero attached hydrogens (tertiary/aromatic N) is 3. The number of hydrogen-bond donors (Lipinski definition) is 2. The molecule has 0 saturated carbocycles. The van der Waals surface area contributed by atoms with E-state index in [0.29, 0.717) is 22.2 Å². The number of likely N-dealkylation sites (tertiary alicyclic amines) is 1. The highest BCUT2D eigenvalue weighted by Crippen LogP contribution is 2.49. The predicted molar refractivity (Wildman–Crippen MR) is 189 cm³/mol. The van der Waals surface area contributed by atoms with Crippen LogP contribution in [0.3, 0.4) is 0 Å². The molecule has 2 aliphatic heterocycles. The number of aromatic nitrogens is 2. The number of hydrogen-bond acceptors (Lipinski definition) is 12. The van der Waals surface area contributed by atoms with Crippen molar-refractivity contribution in [1.29, 1.82) is 0 Å². The Balaban J connectivity index is 1.21. The van der Waals surface area contributed by atoms with Gasteiger partial charge in [0.2, 0.25) is 18.2 Å². The fraction of sp³-hybridized carbons (Fsp3) is 0.306. The number of carbonyl (C=O) groups is 3. The highest BCUT2D eigenvalue weighted by atomic mass is 31.2. The second-order valence-electron chi connectivity index (χ2n) is 12.4. The summed E-state index contributed by atoms with van der Waals surface area (Å²) in [6.07, 6.45) is -8.13. The van der Waals surface area contributed by atoms with Crippen LogP contribution in [0, 0.1) is 0 Å². The van der Waals surface area contributed by atoms with E-state index in [2.05, 4.69) is 15.4 Å². The minimum absolute atomic E-state index is 0.0697. The van der Waals surface area contributed by atoms with Gasteiger partial charge in [-0.25, -0.2) is 18.9 Å². The van der Waals surface area contributed by atoms with E-state index in [-0.39, 0.29) is 31.2 Å². The molecular weight excluding hydrogens is 747 g/mol. The topological polar surface area (TPSA) is 186 Å². The van der Waals surface area contributed by atoms with Crippen molar-refractivity contribution in [2.24, 2.45) is 0 Å². The van der Waals surface area contributed by atoms with E-state index < -0.39 is 68.6 Å². The van der Waals surface area contributed by atoms with Crippen LogP contribution in [-0.4, -0.2) is 77.0 Å². The molecule has 0 spiro atoms. The highest BCUT2D eigenvalue weighted by Gasteiger charge is 2.63. The van der Waals surface area contributed by atoms with Gasteiger partial charge in [0.25, 0.3) is 0 Å². The molecular formula is C36H36F2N5O11P. The van der Waals surface area contributed by atoms with Crippen LogP contribution in [0.25, 0.3) is 0 Å². The van der Waals surface area contributed by atoms with Gasteiger partial charge in [-0.1, -0.05) is 78.9 Å². The number of halogens is 2. The van der Waals surface area contributed by atoms with Gasteiger partial charge in [0.05, 0.1) is 12.6 Å². The number of carbonyl (C=O) groups excluding carboxylic acids is 3. The van der Waals surface area contributed by atoms with Crippen molar-refractivity contribution in [3.63, 3.8) is 0 Å². The molecule has 2 amide bonds. The zero-order valence-electron chi connectivity index (χ0n) is 29.2. The number of likely N-dealkylation sites (N-methyl/N-ethyl adjacent to an activating group) is 1.